The molecular formula is C13H28N2O2. The molecule has 3 N–H and O–H groups in total. The zero-order valence-electron chi connectivity index (χ0n) is 11.9. The van der Waals surface area contributed by atoms with Gasteiger partial charge in [-0.2, -0.15) is 0 Å². The lowest BCUT2D eigenvalue weighted by Gasteiger charge is -2.30. The van der Waals surface area contributed by atoms with Crippen LogP contribution >= 0.6 is 0 Å². The quantitative estimate of drug-likeness (QED) is 0.680. The van der Waals surface area contributed by atoms with Crippen molar-refractivity contribution in [2.45, 2.75) is 47.1 Å². The fraction of sp³-hybridized carbons (Fsp3) is 0.923. The summed E-state index contributed by atoms with van der Waals surface area (Å²) in [6, 6.07) is 0.0554. The second-order valence-corrected chi connectivity index (χ2v) is 5.10. The molecule has 2 unspecified atom stereocenters. The molecule has 2 atom stereocenters. The van der Waals surface area contributed by atoms with Gasteiger partial charge in [0.2, 0.25) is 5.91 Å². The van der Waals surface area contributed by atoms with Crippen molar-refractivity contribution in [3.63, 3.8) is 0 Å². The number of nitrogens with two attached hydrogens (primary N) is 1. The molecule has 102 valence electrons. The molecule has 0 aliphatic rings. The SMILES string of the molecule is CCOCC(NC(=O)C(C)(CC)CN)C(C)C. The average Bonchev–Trinajstić information content (AvgIpc) is 2.32. The summed E-state index contributed by atoms with van der Waals surface area (Å²) in [7, 11) is 0. The largest absolute Gasteiger partial charge is 0.380 e. The number of ether oxygens (including phenoxy) is 1. The van der Waals surface area contributed by atoms with E-state index in [9.17, 15) is 4.79 Å². The number of hydrogen-bond acceptors (Lipinski definition) is 3. The van der Waals surface area contributed by atoms with E-state index in [0.29, 0.717) is 25.7 Å². The fourth-order valence-corrected chi connectivity index (χ4v) is 1.39. The summed E-state index contributed by atoms with van der Waals surface area (Å²) in [4.78, 5) is 12.2. The number of carbonyl (C=O) groups is 1. The van der Waals surface area contributed by atoms with Crippen LogP contribution in [0, 0.1) is 11.3 Å². The van der Waals surface area contributed by atoms with Crippen molar-refractivity contribution in [3.05, 3.63) is 0 Å². The van der Waals surface area contributed by atoms with Gasteiger partial charge in [-0.05, 0) is 26.2 Å². The monoisotopic (exact) mass is 244 g/mol. The van der Waals surface area contributed by atoms with Crippen LogP contribution in [0.2, 0.25) is 0 Å². The van der Waals surface area contributed by atoms with Crippen molar-refractivity contribution >= 4 is 5.91 Å². The van der Waals surface area contributed by atoms with Crippen LogP contribution in [-0.4, -0.2) is 31.7 Å². The molecule has 0 spiro atoms. The lowest BCUT2D eigenvalue weighted by Crippen LogP contribution is -2.50. The highest BCUT2D eigenvalue weighted by Gasteiger charge is 2.31. The zero-order chi connectivity index (χ0) is 13.5. The van der Waals surface area contributed by atoms with Gasteiger partial charge in [0.25, 0.3) is 0 Å². The molecule has 0 aromatic carbocycles. The van der Waals surface area contributed by atoms with Crippen LogP contribution in [0.3, 0.4) is 0 Å². The molecule has 17 heavy (non-hydrogen) atoms. The van der Waals surface area contributed by atoms with E-state index in [4.69, 9.17) is 10.5 Å². The standard InChI is InChI=1S/C13H28N2O2/c1-6-13(5,9-14)12(16)15-11(10(3)4)8-17-7-2/h10-11H,6-9,14H2,1-5H3,(H,15,16). The molecule has 0 bridgehead atoms. The second-order valence-electron chi connectivity index (χ2n) is 5.10. The molecule has 1 amide bonds. The molecule has 0 aliphatic heterocycles. The Morgan fingerprint density at radius 3 is 2.35 bits per heavy atom. The Morgan fingerprint density at radius 2 is 2.00 bits per heavy atom. The minimum absolute atomic E-state index is 0.0286. The third-order valence-corrected chi connectivity index (χ3v) is 3.40. The first-order valence-corrected chi connectivity index (χ1v) is 6.50. The summed E-state index contributed by atoms with van der Waals surface area (Å²) >= 11 is 0. The average molecular weight is 244 g/mol. The summed E-state index contributed by atoms with van der Waals surface area (Å²) in [5, 5.41) is 3.05. The number of hydrogen-bond donors (Lipinski definition) is 2. The third kappa shape index (κ3) is 5.04. The lowest BCUT2D eigenvalue weighted by molar-refractivity contribution is -0.131. The van der Waals surface area contributed by atoms with Gasteiger partial charge in [0.05, 0.1) is 18.1 Å². The van der Waals surface area contributed by atoms with Crippen LogP contribution in [0.4, 0.5) is 0 Å². The van der Waals surface area contributed by atoms with Crippen molar-refractivity contribution in [2.75, 3.05) is 19.8 Å². The molecule has 4 heteroatoms. The molecule has 0 fully saturated rings. The predicted molar refractivity (Wildman–Crippen MR) is 70.7 cm³/mol. The van der Waals surface area contributed by atoms with Crippen LogP contribution < -0.4 is 11.1 Å². The van der Waals surface area contributed by atoms with Crippen molar-refractivity contribution in [1.29, 1.82) is 0 Å². The van der Waals surface area contributed by atoms with E-state index in [1.807, 2.05) is 20.8 Å². The molecule has 0 aliphatic carbocycles. The van der Waals surface area contributed by atoms with E-state index in [1.54, 1.807) is 0 Å². The summed E-state index contributed by atoms with van der Waals surface area (Å²) in [6.45, 7) is 11.6. The van der Waals surface area contributed by atoms with Gasteiger partial charge in [-0.15, -0.1) is 0 Å². The molecule has 0 saturated heterocycles. The van der Waals surface area contributed by atoms with Crippen LogP contribution in [0.1, 0.15) is 41.0 Å². The van der Waals surface area contributed by atoms with E-state index in [0.717, 1.165) is 6.42 Å². The number of amides is 1. The van der Waals surface area contributed by atoms with Crippen LogP contribution in [-0.2, 0) is 9.53 Å². The van der Waals surface area contributed by atoms with Gasteiger partial charge < -0.3 is 15.8 Å². The topological polar surface area (TPSA) is 64.3 Å². The number of rotatable bonds is 8. The molecule has 0 radical (unpaired) electrons. The minimum Gasteiger partial charge on any atom is -0.380 e. The van der Waals surface area contributed by atoms with E-state index in [2.05, 4.69) is 19.2 Å². The first-order chi connectivity index (χ1) is 7.91. The normalized spacial score (nSPS) is 16.6. The van der Waals surface area contributed by atoms with E-state index in [1.165, 1.54) is 0 Å². The highest BCUT2D eigenvalue weighted by Crippen LogP contribution is 2.20. The molecular weight excluding hydrogens is 216 g/mol. The van der Waals surface area contributed by atoms with Gasteiger partial charge >= 0.3 is 0 Å². The Morgan fingerprint density at radius 1 is 1.41 bits per heavy atom. The van der Waals surface area contributed by atoms with Gasteiger partial charge in [0, 0.05) is 13.2 Å². The van der Waals surface area contributed by atoms with Gasteiger partial charge in [0.1, 0.15) is 0 Å². The summed E-state index contributed by atoms with van der Waals surface area (Å²) in [6.07, 6.45) is 0.745. The maximum absolute atomic E-state index is 12.2. The Balaban J connectivity index is 4.49. The Bertz CT molecular complexity index is 225. The van der Waals surface area contributed by atoms with Crippen molar-refractivity contribution in [3.8, 4) is 0 Å². The Labute approximate surface area is 105 Å². The molecule has 0 saturated carbocycles. The number of carbonyl (C=O) groups excluding carboxylic acids is 1. The molecule has 0 rings (SSSR count). The summed E-state index contributed by atoms with van der Waals surface area (Å²) in [5.74, 6) is 0.380. The van der Waals surface area contributed by atoms with Crippen LogP contribution in [0.5, 0.6) is 0 Å². The second kappa shape index (κ2) is 7.67. The molecule has 4 nitrogen and oxygen atoms in total. The van der Waals surface area contributed by atoms with Gasteiger partial charge in [-0.3, -0.25) is 4.79 Å². The number of nitrogens with one attached hydrogen (secondary N) is 1. The van der Waals surface area contributed by atoms with Crippen LogP contribution in [0.15, 0.2) is 0 Å². The van der Waals surface area contributed by atoms with E-state index >= 15 is 0 Å². The predicted octanol–water partition coefficient (Wildman–Crippen LogP) is 1.54. The highest BCUT2D eigenvalue weighted by atomic mass is 16.5. The van der Waals surface area contributed by atoms with E-state index in [-0.39, 0.29) is 11.9 Å². The third-order valence-electron chi connectivity index (χ3n) is 3.40. The van der Waals surface area contributed by atoms with Crippen molar-refractivity contribution in [1.82, 2.24) is 5.32 Å². The molecule has 0 heterocycles. The lowest BCUT2D eigenvalue weighted by atomic mass is 9.86. The molecule has 0 aromatic heterocycles. The first-order valence-electron chi connectivity index (χ1n) is 6.50. The van der Waals surface area contributed by atoms with Crippen molar-refractivity contribution < 1.29 is 9.53 Å². The fourth-order valence-electron chi connectivity index (χ4n) is 1.39. The van der Waals surface area contributed by atoms with Gasteiger partial charge in [-0.1, -0.05) is 20.8 Å². The van der Waals surface area contributed by atoms with Crippen molar-refractivity contribution in [2.24, 2.45) is 17.1 Å². The smallest absolute Gasteiger partial charge is 0.227 e. The maximum atomic E-state index is 12.2. The van der Waals surface area contributed by atoms with Crippen LogP contribution in [0.25, 0.3) is 0 Å². The summed E-state index contributed by atoms with van der Waals surface area (Å²) in [5.41, 5.74) is 5.21. The first kappa shape index (κ1) is 16.4. The summed E-state index contributed by atoms with van der Waals surface area (Å²) < 4.78 is 5.39. The highest BCUT2D eigenvalue weighted by molar-refractivity contribution is 5.82. The van der Waals surface area contributed by atoms with Gasteiger partial charge in [0.15, 0.2) is 0 Å². The van der Waals surface area contributed by atoms with Gasteiger partial charge in [-0.25, -0.2) is 0 Å². The van der Waals surface area contributed by atoms with E-state index < -0.39 is 5.41 Å². The minimum atomic E-state index is -0.473. The molecule has 0 aromatic rings. The Kier molecular flexibility index (Phi) is 7.39. The zero-order valence-corrected chi connectivity index (χ0v) is 11.9. The Hall–Kier alpha value is -0.610. The maximum Gasteiger partial charge on any atom is 0.227 e.